The van der Waals surface area contributed by atoms with Crippen LogP contribution >= 0.6 is 0 Å². The summed E-state index contributed by atoms with van der Waals surface area (Å²) in [6.45, 7) is 9.41. The SMILES string of the molecule is C[C@@H]1CN(C(=O)OC(C)(C)C)[C@H](CNc2cncc(C(F)(F)F)n2)[C@H](C)O1. The van der Waals surface area contributed by atoms with E-state index in [-0.39, 0.29) is 24.6 Å². The lowest BCUT2D eigenvalue weighted by atomic mass is 10.1. The lowest BCUT2D eigenvalue weighted by molar-refractivity contribution is -0.141. The summed E-state index contributed by atoms with van der Waals surface area (Å²) in [7, 11) is 0. The summed E-state index contributed by atoms with van der Waals surface area (Å²) in [6, 6.07) is -0.438. The van der Waals surface area contributed by atoms with E-state index in [9.17, 15) is 18.0 Å². The van der Waals surface area contributed by atoms with Crippen LogP contribution in [0.25, 0.3) is 0 Å². The first-order valence-corrected chi connectivity index (χ1v) is 8.65. The monoisotopic (exact) mass is 390 g/mol. The standard InChI is InChI=1S/C17H25F3N4O3/c1-10-9-24(15(25)27-16(3,4)5)12(11(2)26-10)6-22-14-8-21-7-13(23-14)17(18,19)20/h7-8,10-12H,6,9H2,1-5H3,(H,22,23)/t10-,11+,12-/m1/s1. The van der Waals surface area contributed by atoms with Gasteiger partial charge in [-0.1, -0.05) is 0 Å². The minimum absolute atomic E-state index is 0.0280. The predicted octanol–water partition coefficient (Wildman–Crippen LogP) is 3.32. The van der Waals surface area contributed by atoms with Crippen LogP contribution in [-0.2, 0) is 15.7 Å². The van der Waals surface area contributed by atoms with Gasteiger partial charge in [0.05, 0.1) is 37.2 Å². The molecule has 1 amide bonds. The number of carbonyl (C=O) groups excluding carboxylic acids is 1. The number of hydrogen-bond donors (Lipinski definition) is 1. The van der Waals surface area contributed by atoms with Gasteiger partial charge in [-0.2, -0.15) is 13.2 Å². The molecule has 10 heteroatoms. The molecule has 1 aromatic heterocycles. The van der Waals surface area contributed by atoms with Crippen LogP contribution in [0, 0.1) is 0 Å². The molecule has 1 N–H and O–H groups in total. The number of nitrogens with zero attached hydrogens (tertiary/aromatic N) is 3. The van der Waals surface area contributed by atoms with Crippen LogP contribution in [-0.4, -0.2) is 57.9 Å². The average Bonchev–Trinajstić information content (AvgIpc) is 2.51. The van der Waals surface area contributed by atoms with Crippen LogP contribution in [0.3, 0.4) is 0 Å². The first kappa shape index (κ1) is 21.2. The molecule has 1 saturated heterocycles. The molecule has 0 spiro atoms. The number of alkyl halides is 3. The third kappa shape index (κ3) is 5.95. The van der Waals surface area contributed by atoms with E-state index in [0.717, 1.165) is 0 Å². The van der Waals surface area contributed by atoms with Crippen molar-refractivity contribution < 1.29 is 27.4 Å². The summed E-state index contributed by atoms with van der Waals surface area (Å²) in [4.78, 5) is 21.2. The van der Waals surface area contributed by atoms with E-state index in [2.05, 4.69) is 15.3 Å². The van der Waals surface area contributed by atoms with E-state index in [1.807, 2.05) is 6.92 Å². The number of ether oxygens (including phenoxy) is 2. The van der Waals surface area contributed by atoms with Crippen LogP contribution < -0.4 is 5.32 Å². The Morgan fingerprint density at radius 2 is 2.00 bits per heavy atom. The minimum atomic E-state index is -4.58. The number of amides is 1. The molecule has 0 unspecified atom stereocenters. The number of morpholine rings is 1. The highest BCUT2D eigenvalue weighted by Crippen LogP contribution is 2.28. The maximum Gasteiger partial charge on any atom is 0.434 e. The summed E-state index contributed by atoms with van der Waals surface area (Å²) in [5.41, 5.74) is -1.75. The van der Waals surface area contributed by atoms with E-state index >= 15 is 0 Å². The zero-order chi connectivity index (χ0) is 20.4. The van der Waals surface area contributed by atoms with Crippen LogP contribution in [0.2, 0.25) is 0 Å². The summed E-state index contributed by atoms with van der Waals surface area (Å²) >= 11 is 0. The normalized spacial score (nSPS) is 23.9. The van der Waals surface area contributed by atoms with Crippen molar-refractivity contribution in [3.8, 4) is 0 Å². The largest absolute Gasteiger partial charge is 0.444 e. The van der Waals surface area contributed by atoms with Crippen LogP contribution in [0.4, 0.5) is 23.8 Å². The van der Waals surface area contributed by atoms with Gasteiger partial charge in [0, 0.05) is 6.54 Å². The number of anilines is 1. The molecule has 1 fully saturated rings. The summed E-state index contributed by atoms with van der Waals surface area (Å²) in [5.74, 6) is -0.0280. The lowest BCUT2D eigenvalue weighted by Crippen LogP contribution is -2.58. The fourth-order valence-electron chi connectivity index (χ4n) is 2.77. The minimum Gasteiger partial charge on any atom is -0.444 e. The third-order valence-electron chi connectivity index (χ3n) is 3.89. The quantitative estimate of drug-likeness (QED) is 0.853. The summed E-state index contributed by atoms with van der Waals surface area (Å²) in [5, 5.41) is 2.82. The molecule has 1 aromatic rings. The van der Waals surface area contributed by atoms with Gasteiger partial charge in [0.1, 0.15) is 11.4 Å². The molecule has 2 heterocycles. The Kier molecular flexibility index (Phi) is 6.18. The zero-order valence-electron chi connectivity index (χ0n) is 16.0. The van der Waals surface area contributed by atoms with Crippen molar-refractivity contribution in [1.29, 1.82) is 0 Å². The topological polar surface area (TPSA) is 76.6 Å². The number of nitrogens with one attached hydrogen (secondary N) is 1. The number of hydrogen-bond acceptors (Lipinski definition) is 6. The van der Waals surface area contributed by atoms with Crippen molar-refractivity contribution >= 4 is 11.9 Å². The molecule has 1 aliphatic heterocycles. The van der Waals surface area contributed by atoms with Crippen molar-refractivity contribution in [1.82, 2.24) is 14.9 Å². The number of aromatic nitrogens is 2. The Morgan fingerprint density at radius 1 is 1.33 bits per heavy atom. The van der Waals surface area contributed by atoms with Gasteiger partial charge in [-0.05, 0) is 34.6 Å². The van der Waals surface area contributed by atoms with Crippen molar-refractivity contribution in [2.24, 2.45) is 0 Å². The van der Waals surface area contributed by atoms with Gasteiger partial charge >= 0.3 is 12.3 Å². The Morgan fingerprint density at radius 3 is 2.59 bits per heavy atom. The molecule has 3 atom stereocenters. The van der Waals surface area contributed by atoms with Crippen molar-refractivity contribution in [3.63, 3.8) is 0 Å². The molecule has 0 radical (unpaired) electrons. The van der Waals surface area contributed by atoms with Gasteiger partial charge in [-0.15, -0.1) is 0 Å². The maximum absolute atomic E-state index is 12.8. The third-order valence-corrected chi connectivity index (χ3v) is 3.89. The van der Waals surface area contributed by atoms with E-state index in [4.69, 9.17) is 9.47 Å². The molecule has 0 aromatic carbocycles. The van der Waals surface area contributed by atoms with Gasteiger partial charge < -0.3 is 14.8 Å². The second-order valence-electron chi connectivity index (χ2n) is 7.52. The van der Waals surface area contributed by atoms with Crippen molar-refractivity contribution in [3.05, 3.63) is 18.1 Å². The fourth-order valence-corrected chi connectivity index (χ4v) is 2.77. The van der Waals surface area contributed by atoms with Crippen LogP contribution in [0.5, 0.6) is 0 Å². The lowest BCUT2D eigenvalue weighted by Gasteiger charge is -2.43. The van der Waals surface area contributed by atoms with Crippen LogP contribution in [0.15, 0.2) is 12.4 Å². The van der Waals surface area contributed by atoms with Gasteiger partial charge in [0.25, 0.3) is 0 Å². The predicted molar refractivity (Wildman–Crippen MR) is 92.3 cm³/mol. The molecule has 0 bridgehead atoms. The van der Waals surface area contributed by atoms with E-state index in [1.165, 1.54) is 11.1 Å². The Bertz CT molecular complexity index is 664. The van der Waals surface area contributed by atoms with Gasteiger partial charge in [-0.3, -0.25) is 9.88 Å². The second-order valence-corrected chi connectivity index (χ2v) is 7.52. The van der Waals surface area contributed by atoms with E-state index < -0.39 is 29.6 Å². The molecular weight excluding hydrogens is 365 g/mol. The molecular formula is C17H25F3N4O3. The van der Waals surface area contributed by atoms with E-state index in [1.54, 1.807) is 27.7 Å². The summed E-state index contributed by atoms with van der Waals surface area (Å²) < 4.78 is 49.5. The van der Waals surface area contributed by atoms with Crippen molar-refractivity contribution in [2.75, 3.05) is 18.4 Å². The van der Waals surface area contributed by atoms with Gasteiger partial charge in [0.2, 0.25) is 0 Å². The first-order valence-electron chi connectivity index (χ1n) is 8.65. The number of halogens is 3. The van der Waals surface area contributed by atoms with Crippen molar-refractivity contribution in [2.45, 2.75) is 64.6 Å². The number of carbonyl (C=O) groups is 1. The summed E-state index contributed by atoms with van der Waals surface area (Å²) in [6.07, 6.45) is -3.74. The molecule has 7 nitrogen and oxygen atoms in total. The first-order chi connectivity index (χ1) is 12.4. The smallest absolute Gasteiger partial charge is 0.434 e. The van der Waals surface area contributed by atoms with Crippen LogP contribution in [0.1, 0.15) is 40.3 Å². The zero-order valence-corrected chi connectivity index (χ0v) is 16.0. The van der Waals surface area contributed by atoms with Gasteiger partial charge in [0.15, 0.2) is 5.69 Å². The molecule has 27 heavy (non-hydrogen) atoms. The molecule has 152 valence electrons. The van der Waals surface area contributed by atoms with E-state index in [0.29, 0.717) is 12.7 Å². The molecule has 0 saturated carbocycles. The molecule has 1 aliphatic rings. The Balaban J connectivity index is 2.12. The molecule has 2 rings (SSSR count). The highest BCUT2D eigenvalue weighted by atomic mass is 19.4. The Labute approximate surface area is 156 Å². The average molecular weight is 390 g/mol. The highest BCUT2D eigenvalue weighted by molar-refractivity contribution is 5.69. The highest BCUT2D eigenvalue weighted by Gasteiger charge is 2.38. The fraction of sp³-hybridized carbons (Fsp3) is 0.706. The van der Waals surface area contributed by atoms with Gasteiger partial charge in [-0.25, -0.2) is 9.78 Å². The Hall–Kier alpha value is -2.10. The maximum atomic E-state index is 12.8. The molecule has 0 aliphatic carbocycles. The number of rotatable bonds is 3. The second kappa shape index (κ2) is 7.87.